The van der Waals surface area contributed by atoms with Gasteiger partial charge in [-0.2, -0.15) is 0 Å². The predicted octanol–water partition coefficient (Wildman–Crippen LogP) is 3.93. The number of methoxy groups -OCH3 is 1. The summed E-state index contributed by atoms with van der Waals surface area (Å²) in [5.41, 5.74) is 1.48. The van der Waals surface area contributed by atoms with Gasteiger partial charge in [-0.3, -0.25) is 14.5 Å². The first kappa shape index (κ1) is 27.2. The molecule has 1 aliphatic rings. The van der Waals surface area contributed by atoms with Crippen LogP contribution in [0.3, 0.4) is 0 Å². The van der Waals surface area contributed by atoms with Crippen LogP contribution in [0, 0.1) is 5.82 Å². The maximum Gasteiger partial charge on any atom is 0.323 e. The summed E-state index contributed by atoms with van der Waals surface area (Å²) < 4.78 is 29.5. The van der Waals surface area contributed by atoms with E-state index in [1.54, 1.807) is 32.2 Å². The van der Waals surface area contributed by atoms with Crippen LogP contribution in [0.2, 0.25) is 5.02 Å². The average molecular weight is 544 g/mol. The number of benzene rings is 2. The van der Waals surface area contributed by atoms with E-state index in [-0.39, 0.29) is 29.5 Å². The number of aromatic nitrogens is 2. The van der Waals surface area contributed by atoms with Crippen molar-refractivity contribution in [3.8, 4) is 5.75 Å². The number of nitrogens with one attached hydrogen (secondary N) is 2. The SMILES string of the molecule is COCCOc1cc2ncnc(Nc3ccc(F)c(Cl)c3)c2cc1NC(=O)/C=C/CN1CCOC(=O)[C@@H]1C. The number of esters is 1. The normalized spacial score (nSPS) is 16.0. The van der Waals surface area contributed by atoms with Gasteiger partial charge in [0.1, 0.15) is 43.0 Å². The molecule has 1 atom stereocenters. The van der Waals surface area contributed by atoms with Gasteiger partial charge in [-0.15, -0.1) is 0 Å². The molecule has 38 heavy (non-hydrogen) atoms. The van der Waals surface area contributed by atoms with Crippen LogP contribution >= 0.6 is 11.6 Å². The molecule has 200 valence electrons. The number of nitrogens with zero attached hydrogens (tertiary/aromatic N) is 3. The van der Waals surface area contributed by atoms with E-state index in [1.807, 2.05) is 4.90 Å². The van der Waals surface area contributed by atoms with Crippen LogP contribution in [0.25, 0.3) is 10.9 Å². The molecule has 4 rings (SSSR count). The average Bonchev–Trinajstić information content (AvgIpc) is 2.89. The molecule has 2 heterocycles. The van der Waals surface area contributed by atoms with E-state index in [9.17, 15) is 14.0 Å². The highest BCUT2D eigenvalue weighted by molar-refractivity contribution is 6.31. The van der Waals surface area contributed by atoms with Crippen molar-refractivity contribution < 1.29 is 28.2 Å². The lowest BCUT2D eigenvalue weighted by Gasteiger charge is -2.30. The molecule has 0 spiro atoms. The maximum absolute atomic E-state index is 13.6. The van der Waals surface area contributed by atoms with Crippen LogP contribution in [0.1, 0.15) is 6.92 Å². The second-order valence-corrected chi connectivity index (χ2v) is 8.82. The molecule has 0 saturated carbocycles. The van der Waals surface area contributed by atoms with Crippen molar-refractivity contribution in [2.75, 3.05) is 50.7 Å². The van der Waals surface area contributed by atoms with Gasteiger partial charge in [0.2, 0.25) is 5.91 Å². The largest absolute Gasteiger partial charge is 0.489 e. The zero-order valence-electron chi connectivity index (χ0n) is 20.9. The highest BCUT2D eigenvalue weighted by Gasteiger charge is 2.26. The van der Waals surface area contributed by atoms with Crippen LogP contribution in [-0.2, 0) is 19.1 Å². The molecule has 12 heteroatoms. The Bertz CT molecular complexity index is 1360. The molecule has 2 aromatic carbocycles. The molecular weight excluding hydrogens is 517 g/mol. The third-order valence-electron chi connectivity index (χ3n) is 5.84. The molecule has 0 unspecified atom stereocenters. The monoisotopic (exact) mass is 543 g/mol. The Hall–Kier alpha value is -3.80. The standard InChI is InChI=1S/C26H27ClFN5O5/c1-16-26(35)38-9-8-33(16)7-3-4-24(34)32-22-13-18-21(14-23(22)37-11-10-36-2)29-15-30-25(18)31-17-5-6-20(28)19(27)12-17/h3-6,12-16H,7-11H2,1-2H3,(H,32,34)(H,29,30,31)/b4-3+/t16-/m0/s1. The number of fused-ring (bicyclic) bond motifs is 1. The zero-order chi connectivity index (χ0) is 27.1. The molecule has 1 amide bonds. The van der Waals surface area contributed by atoms with Gasteiger partial charge in [0.25, 0.3) is 0 Å². The maximum atomic E-state index is 13.6. The van der Waals surface area contributed by atoms with Crippen molar-refractivity contribution >= 4 is 51.6 Å². The number of hydrogen-bond donors (Lipinski definition) is 2. The van der Waals surface area contributed by atoms with Crippen molar-refractivity contribution in [1.29, 1.82) is 0 Å². The number of cyclic esters (lactones) is 1. The fourth-order valence-corrected chi connectivity index (χ4v) is 3.97. The van der Waals surface area contributed by atoms with Gasteiger partial charge in [-0.05, 0) is 31.2 Å². The van der Waals surface area contributed by atoms with Crippen LogP contribution in [0.5, 0.6) is 5.75 Å². The first-order valence-electron chi connectivity index (χ1n) is 11.9. The number of rotatable bonds is 10. The number of anilines is 3. The van der Waals surface area contributed by atoms with Gasteiger partial charge in [0, 0.05) is 43.4 Å². The number of carbonyl (C=O) groups excluding carboxylic acids is 2. The molecule has 0 bridgehead atoms. The van der Waals surface area contributed by atoms with Crippen LogP contribution in [0.15, 0.2) is 48.8 Å². The second-order valence-electron chi connectivity index (χ2n) is 8.41. The number of amides is 1. The van der Waals surface area contributed by atoms with Gasteiger partial charge < -0.3 is 24.8 Å². The smallest absolute Gasteiger partial charge is 0.323 e. The number of carbonyl (C=O) groups is 2. The van der Waals surface area contributed by atoms with Gasteiger partial charge in [0.05, 0.1) is 22.8 Å². The summed E-state index contributed by atoms with van der Waals surface area (Å²) in [5.74, 6) is -0.367. The summed E-state index contributed by atoms with van der Waals surface area (Å²) in [4.78, 5) is 35.1. The van der Waals surface area contributed by atoms with Crippen molar-refractivity contribution in [3.05, 3.63) is 59.7 Å². The molecule has 1 fully saturated rings. The van der Waals surface area contributed by atoms with E-state index in [0.29, 0.717) is 60.1 Å². The number of hydrogen-bond acceptors (Lipinski definition) is 9. The Labute approximate surface area is 223 Å². The molecule has 1 saturated heterocycles. The quantitative estimate of drug-likeness (QED) is 0.223. The Morgan fingerprint density at radius 2 is 2.13 bits per heavy atom. The minimum Gasteiger partial charge on any atom is -0.489 e. The lowest BCUT2D eigenvalue weighted by atomic mass is 10.1. The molecule has 0 aliphatic carbocycles. The van der Waals surface area contributed by atoms with Gasteiger partial charge in [-0.25, -0.2) is 14.4 Å². The van der Waals surface area contributed by atoms with Gasteiger partial charge in [-0.1, -0.05) is 17.7 Å². The molecule has 3 aromatic rings. The molecule has 10 nitrogen and oxygen atoms in total. The molecule has 2 N–H and O–H groups in total. The minimum absolute atomic E-state index is 0.0298. The number of morpholine rings is 1. The lowest BCUT2D eigenvalue weighted by molar-refractivity contribution is -0.155. The van der Waals surface area contributed by atoms with E-state index >= 15 is 0 Å². The third kappa shape index (κ3) is 6.74. The fourth-order valence-electron chi connectivity index (χ4n) is 3.79. The molecular formula is C26H27ClFN5O5. The Morgan fingerprint density at radius 1 is 1.29 bits per heavy atom. The van der Waals surface area contributed by atoms with Crippen molar-refractivity contribution in [2.45, 2.75) is 13.0 Å². The van der Waals surface area contributed by atoms with E-state index in [4.69, 9.17) is 25.8 Å². The summed E-state index contributed by atoms with van der Waals surface area (Å²) in [6, 6.07) is 7.24. The van der Waals surface area contributed by atoms with Crippen molar-refractivity contribution in [3.63, 3.8) is 0 Å². The summed E-state index contributed by atoms with van der Waals surface area (Å²) in [6.07, 6.45) is 4.47. The predicted molar refractivity (Wildman–Crippen MR) is 141 cm³/mol. The first-order chi connectivity index (χ1) is 18.4. The van der Waals surface area contributed by atoms with E-state index in [0.717, 1.165) is 0 Å². The summed E-state index contributed by atoms with van der Waals surface area (Å²) in [6.45, 7) is 3.71. The fraction of sp³-hybridized carbons (Fsp3) is 0.308. The van der Waals surface area contributed by atoms with E-state index in [1.165, 1.54) is 30.6 Å². The van der Waals surface area contributed by atoms with Gasteiger partial charge >= 0.3 is 5.97 Å². The van der Waals surface area contributed by atoms with Gasteiger partial charge in [0.15, 0.2) is 0 Å². The Kier molecular flexibility index (Phi) is 9.06. The zero-order valence-corrected chi connectivity index (χ0v) is 21.6. The van der Waals surface area contributed by atoms with E-state index in [2.05, 4.69) is 20.6 Å². The molecule has 1 aromatic heterocycles. The second kappa shape index (κ2) is 12.6. The van der Waals surface area contributed by atoms with E-state index < -0.39 is 5.82 Å². The topological polar surface area (TPSA) is 115 Å². The van der Waals surface area contributed by atoms with Crippen molar-refractivity contribution in [2.24, 2.45) is 0 Å². The number of halogens is 2. The summed E-state index contributed by atoms with van der Waals surface area (Å²) >= 11 is 5.91. The lowest BCUT2D eigenvalue weighted by Crippen LogP contribution is -2.47. The van der Waals surface area contributed by atoms with Crippen LogP contribution in [-0.4, -0.2) is 72.8 Å². The summed E-state index contributed by atoms with van der Waals surface area (Å²) in [7, 11) is 1.56. The van der Waals surface area contributed by atoms with Crippen LogP contribution < -0.4 is 15.4 Å². The molecule has 1 aliphatic heterocycles. The van der Waals surface area contributed by atoms with Crippen LogP contribution in [0.4, 0.5) is 21.6 Å². The number of ether oxygens (including phenoxy) is 3. The third-order valence-corrected chi connectivity index (χ3v) is 6.13. The highest BCUT2D eigenvalue weighted by Crippen LogP contribution is 2.34. The Balaban J connectivity index is 1.57. The minimum atomic E-state index is -0.532. The highest BCUT2D eigenvalue weighted by atomic mass is 35.5. The Morgan fingerprint density at radius 3 is 2.92 bits per heavy atom. The summed E-state index contributed by atoms with van der Waals surface area (Å²) in [5, 5.41) is 6.51. The first-order valence-corrected chi connectivity index (χ1v) is 12.2. The van der Waals surface area contributed by atoms with Crippen molar-refractivity contribution in [1.82, 2.24) is 14.9 Å². The molecule has 0 radical (unpaired) electrons.